The van der Waals surface area contributed by atoms with Gasteiger partial charge >= 0.3 is 0 Å². The van der Waals surface area contributed by atoms with Crippen LogP contribution in [0.25, 0.3) is 0 Å². The van der Waals surface area contributed by atoms with Crippen molar-refractivity contribution < 1.29 is 4.74 Å². The van der Waals surface area contributed by atoms with Crippen molar-refractivity contribution in [1.82, 2.24) is 15.5 Å². The van der Waals surface area contributed by atoms with Gasteiger partial charge in [0.05, 0.1) is 10.7 Å². The number of rotatable bonds is 5. The Labute approximate surface area is 117 Å². The number of aryl methyl sites for hydroxylation is 1. The molecule has 0 atom stereocenters. The van der Waals surface area contributed by atoms with Gasteiger partial charge in [-0.05, 0) is 37.2 Å². The summed E-state index contributed by atoms with van der Waals surface area (Å²) in [5, 5.41) is 11.9. The molecule has 2 aromatic rings. The molecule has 5 heteroatoms. The second-order valence-electron chi connectivity index (χ2n) is 4.18. The molecule has 0 aliphatic heterocycles. The normalized spacial score (nSPS) is 10.5. The van der Waals surface area contributed by atoms with Crippen LogP contribution in [0.3, 0.4) is 0 Å². The minimum atomic E-state index is 0.436. The van der Waals surface area contributed by atoms with E-state index < -0.39 is 0 Å². The van der Waals surface area contributed by atoms with E-state index in [1.54, 1.807) is 6.07 Å². The van der Waals surface area contributed by atoms with Gasteiger partial charge in [0, 0.05) is 12.6 Å². The van der Waals surface area contributed by atoms with Crippen LogP contribution in [0.4, 0.5) is 0 Å². The van der Waals surface area contributed by atoms with E-state index in [-0.39, 0.29) is 0 Å². The molecule has 0 fully saturated rings. The Morgan fingerprint density at radius 1 is 1.21 bits per heavy atom. The summed E-state index contributed by atoms with van der Waals surface area (Å²) in [5.74, 6) is 1.02. The molecular weight excluding hydrogens is 262 g/mol. The van der Waals surface area contributed by atoms with E-state index in [9.17, 15) is 0 Å². The summed E-state index contributed by atoms with van der Waals surface area (Å²) >= 11 is 6.10. The molecule has 0 bridgehead atoms. The molecule has 1 N–H and O–H groups in total. The molecular formula is C14H16ClN3O. The van der Waals surface area contributed by atoms with E-state index in [2.05, 4.69) is 15.5 Å². The molecule has 1 heterocycles. The summed E-state index contributed by atoms with van der Waals surface area (Å²) in [6.45, 7) is 5.63. The maximum atomic E-state index is 6.10. The fourth-order valence-corrected chi connectivity index (χ4v) is 1.82. The minimum absolute atomic E-state index is 0.436. The van der Waals surface area contributed by atoms with Crippen LogP contribution >= 0.6 is 11.6 Å². The summed E-state index contributed by atoms with van der Waals surface area (Å²) in [7, 11) is 0. The first-order chi connectivity index (χ1) is 9.19. The van der Waals surface area contributed by atoms with Crippen molar-refractivity contribution in [3.05, 3.63) is 46.6 Å². The Morgan fingerprint density at radius 3 is 2.68 bits per heavy atom. The average molecular weight is 278 g/mol. The van der Waals surface area contributed by atoms with Crippen molar-refractivity contribution in [2.45, 2.75) is 20.4 Å². The maximum absolute atomic E-state index is 6.10. The predicted molar refractivity (Wildman–Crippen MR) is 75.7 cm³/mol. The molecule has 0 spiro atoms. The van der Waals surface area contributed by atoms with E-state index in [1.165, 1.54) is 0 Å². The lowest BCUT2D eigenvalue weighted by atomic mass is 10.2. The molecule has 0 unspecified atom stereocenters. The van der Waals surface area contributed by atoms with Crippen molar-refractivity contribution in [3.63, 3.8) is 0 Å². The van der Waals surface area contributed by atoms with Crippen molar-refractivity contribution in [2.24, 2.45) is 0 Å². The third-order valence-electron chi connectivity index (χ3n) is 2.55. The van der Waals surface area contributed by atoms with Gasteiger partial charge < -0.3 is 10.1 Å². The van der Waals surface area contributed by atoms with Gasteiger partial charge in [0.1, 0.15) is 5.75 Å². The van der Waals surface area contributed by atoms with Crippen LogP contribution in [-0.4, -0.2) is 16.7 Å². The molecule has 4 nitrogen and oxygen atoms in total. The number of ether oxygens (including phenoxy) is 1. The molecule has 1 aromatic heterocycles. The molecule has 0 aliphatic carbocycles. The highest BCUT2D eigenvalue weighted by atomic mass is 35.5. The molecule has 0 saturated heterocycles. The van der Waals surface area contributed by atoms with Crippen LogP contribution in [0.2, 0.25) is 5.02 Å². The van der Waals surface area contributed by atoms with Crippen LogP contribution in [0.1, 0.15) is 18.2 Å². The van der Waals surface area contributed by atoms with Crippen molar-refractivity contribution in [3.8, 4) is 11.6 Å². The summed E-state index contributed by atoms with van der Waals surface area (Å²) in [6, 6.07) is 9.28. The van der Waals surface area contributed by atoms with Gasteiger partial charge in [0.15, 0.2) is 0 Å². The summed E-state index contributed by atoms with van der Waals surface area (Å²) in [5.41, 5.74) is 1.97. The zero-order valence-electron chi connectivity index (χ0n) is 11.0. The highest BCUT2D eigenvalue weighted by molar-refractivity contribution is 6.32. The minimum Gasteiger partial charge on any atom is -0.436 e. The lowest BCUT2D eigenvalue weighted by Gasteiger charge is -2.07. The smallest absolute Gasteiger partial charge is 0.238 e. The molecule has 0 radical (unpaired) electrons. The van der Waals surface area contributed by atoms with Crippen molar-refractivity contribution in [2.75, 3.05) is 6.54 Å². The van der Waals surface area contributed by atoms with Gasteiger partial charge in [-0.1, -0.05) is 24.6 Å². The standard InChI is InChI=1S/C14H16ClN3O/c1-3-16-9-11-5-7-14(18-17-11)19-13-6-4-10(2)8-12(13)15/h4-8,16H,3,9H2,1-2H3. The van der Waals surface area contributed by atoms with Gasteiger partial charge in [-0.3, -0.25) is 0 Å². The van der Waals surface area contributed by atoms with Crippen LogP contribution in [-0.2, 0) is 6.54 Å². The number of aromatic nitrogens is 2. The topological polar surface area (TPSA) is 47.0 Å². The average Bonchev–Trinajstić information content (AvgIpc) is 2.41. The van der Waals surface area contributed by atoms with E-state index in [0.717, 1.165) is 17.8 Å². The first kappa shape index (κ1) is 13.8. The van der Waals surface area contributed by atoms with Crippen LogP contribution in [0.5, 0.6) is 11.6 Å². The van der Waals surface area contributed by atoms with E-state index in [4.69, 9.17) is 16.3 Å². The van der Waals surface area contributed by atoms with E-state index >= 15 is 0 Å². The number of hydrogen-bond acceptors (Lipinski definition) is 4. The Hall–Kier alpha value is -1.65. The number of benzene rings is 1. The number of nitrogens with one attached hydrogen (secondary N) is 1. The maximum Gasteiger partial charge on any atom is 0.238 e. The van der Waals surface area contributed by atoms with Gasteiger partial charge in [0.2, 0.25) is 5.88 Å². The second kappa shape index (κ2) is 6.50. The molecule has 19 heavy (non-hydrogen) atoms. The first-order valence-corrected chi connectivity index (χ1v) is 6.54. The third-order valence-corrected chi connectivity index (χ3v) is 2.85. The highest BCUT2D eigenvalue weighted by Gasteiger charge is 2.05. The molecule has 0 amide bonds. The van der Waals surface area contributed by atoms with Gasteiger partial charge in [-0.25, -0.2) is 0 Å². The van der Waals surface area contributed by atoms with Gasteiger partial charge in [-0.2, -0.15) is 5.10 Å². The fourth-order valence-electron chi connectivity index (χ4n) is 1.55. The monoisotopic (exact) mass is 277 g/mol. The van der Waals surface area contributed by atoms with Gasteiger partial charge in [0.25, 0.3) is 0 Å². The highest BCUT2D eigenvalue weighted by Crippen LogP contribution is 2.28. The Balaban J connectivity index is 2.06. The van der Waals surface area contributed by atoms with Gasteiger partial charge in [-0.15, -0.1) is 5.10 Å². The van der Waals surface area contributed by atoms with Crippen LogP contribution in [0.15, 0.2) is 30.3 Å². The zero-order chi connectivity index (χ0) is 13.7. The zero-order valence-corrected chi connectivity index (χ0v) is 11.7. The molecule has 0 saturated carbocycles. The molecule has 0 aliphatic rings. The number of halogens is 1. The third kappa shape index (κ3) is 3.91. The second-order valence-corrected chi connectivity index (χ2v) is 4.59. The van der Waals surface area contributed by atoms with E-state index in [1.807, 2.05) is 38.1 Å². The summed E-state index contributed by atoms with van der Waals surface area (Å²) in [4.78, 5) is 0. The van der Waals surface area contributed by atoms with Crippen molar-refractivity contribution in [1.29, 1.82) is 0 Å². The molecule has 2 rings (SSSR count). The Morgan fingerprint density at radius 2 is 2.05 bits per heavy atom. The molecule has 1 aromatic carbocycles. The fraction of sp³-hybridized carbons (Fsp3) is 0.286. The lowest BCUT2D eigenvalue weighted by molar-refractivity contribution is 0.453. The number of hydrogen-bond donors (Lipinski definition) is 1. The quantitative estimate of drug-likeness (QED) is 0.910. The Kier molecular flexibility index (Phi) is 4.71. The van der Waals surface area contributed by atoms with E-state index in [0.29, 0.717) is 23.2 Å². The molecule has 100 valence electrons. The SMILES string of the molecule is CCNCc1ccc(Oc2ccc(C)cc2Cl)nn1. The van der Waals surface area contributed by atoms with Crippen molar-refractivity contribution >= 4 is 11.6 Å². The summed E-state index contributed by atoms with van der Waals surface area (Å²) < 4.78 is 5.60. The van der Waals surface area contributed by atoms with Crippen LogP contribution < -0.4 is 10.1 Å². The summed E-state index contributed by atoms with van der Waals surface area (Å²) in [6.07, 6.45) is 0. The first-order valence-electron chi connectivity index (χ1n) is 6.16. The number of nitrogens with zero attached hydrogens (tertiary/aromatic N) is 2. The Bertz CT molecular complexity index is 543. The largest absolute Gasteiger partial charge is 0.436 e. The predicted octanol–water partition coefficient (Wildman–Crippen LogP) is 3.34. The lowest BCUT2D eigenvalue weighted by Crippen LogP contribution is -2.13. The van der Waals surface area contributed by atoms with Crippen LogP contribution in [0, 0.1) is 6.92 Å².